The molecule has 13 amide bonds. The van der Waals surface area contributed by atoms with Gasteiger partial charge >= 0.3 is 12.1 Å². The Morgan fingerprint density at radius 3 is 0.876 bits per heavy atom. The van der Waals surface area contributed by atoms with Crippen LogP contribution in [0.3, 0.4) is 0 Å². The summed E-state index contributed by atoms with van der Waals surface area (Å²) in [5.74, 6) is -7.07. The lowest BCUT2D eigenvalue weighted by Crippen LogP contribution is -2.73. The summed E-state index contributed by atoms with van der Waals surface area (Å²) >= 11 is 0. The van der Waals surface area contributed by atoms with E-state index in [1.54, 1.807) is 83.1 Å². The van der Waals surface area contributed by atoms with Gasteiger partial charge in [-0.2, -0.15) is 4.99 Å². The molecular formula is C104H177N15O23S3. The topological polar surface area (TPSA) is 611 Å². The van der Waals surface area contributed by atoms with Crippen molar-refractivity contribution in [3.63, 3.8) is 0 Å². The smallest absolute Gasteiger partial charge is 0.315 e. The molecule has 0 aromatic carbocycles. The number of quaternary nitrogens is 1. The number of amides is 13. The standard InChI is InChI=1S/2C34H57N5O7S.C22H36N4O4.C12H21NO3S.CH2O2.CH4/c2*1-32(2,3)27(37-31(44)38-34(16-8-7-9-17-34)20-47(45,46)33(4,5)6)30(43)39-19-22-14-11-15-23(22)25(39)29(42)36-24(26(40)28(35)41)18-21-12-10-13-21;1-22(2,3)18(23)21(30)26-11-13-8-5-9-14(13)16(26)20(29)25-15(17(27)19(24)28)10-12-6-4-7-12;1-11(2,3)17(15,16)9-12(13-10-14)7-5-4-6-8-12;2-1-3;/h2*21-25,27H,7-20H2,1-6H3,(H2,35,41)(H,36,42)(H2,37,38,44);12-16,18H,4-11,23H2,1-3H3,(H2,24,28)(H,25,29);4-9H2,1-3H3;1H,(H,2,3);1H4/t2*22-,23-,24?,25-,27+;13-,14-,15?,16-,18+;;;/m000.../s1. The third kappa shape index (κ3) is 32.0. The summed E-state index contributed by atoms with van der Waals surface area (Å²) in [4.78, 5) is 211. The van der Waals surface area contributed by atoms with E-state index >= 15 is 0 Å². The Balaban J connectivity index is 0.000000273. The van der Waals surface area contributed by atoms with Crippen LogP contribution in [0.5, 0.6) is 0 Å². The van der Waals surface area contributed by atoms with Crippen LogP contribution in [0.15, 0.2) is 4.99 Å². The number of urea groups is 2. The molecule has 9 saturated carbocycles. The zero-order valence-corrected chi connectivity index (χ0v) is 91.5. The number of carbonyl (C=O) groups excluding carboxylic acids is 16. The molecule has 824 valence electrons. The highest BCUT2D eigenvalue weighted by atomic mass is 32.2. The molecule has 12 aliphatic rings. The summed E-state index contributed by atoms with van der Waals surface area (Å²) in [5.41, 5.74) is 15.6. The van der Waals surface area contributed by atoms with E-state index in [-0.39, 0.29) is 83.3 Å². The first kappa shape index (κ1) is 123. The average Bonchev–Trinajstić information content (AvgIpc) is 1.62. The highest BCUT2D eigenvalue weighted by Crippen LogP contribution is 2.48. The number of isocyanates is 1. The van der Waals surface area contributed by atoms with Gasteiger partial charge in [-0.3, -0.25) is 57.5 Å². The van der Waals surface area contributed by atoms with Gasteiger partial charge < -0.3 is 84.8 Å². The summed E-state index contributed by atoms with van der Waals surface area (Å²) in [5, 5.41) is 28.5. The van der Waals surface area contributed by atoms with Gasteiger partial charge in [0.15, 0.2) is 35.6 Å². The second-order valence-electron chi connectivity index (χ2n) is 49.9. The van der Waals surface area contributed by atoms with Crippen LogP contribution < -0.4 is 65.3 Å². The van der Waals surface area contributed by atoms with E-state index in [4.69, 9.17) is 27.1 Å². The molecule has 0 spiro atoms. The summed E-state index contributed by atoms with van der Waals surface area (Å²) in [6.45, 7) is 32.7. The highest BCUT2D eigenvalue weighted by molar-refractivity contribution is 7.93. The molecule has 0 radical (unpaired) electrons. The molecular weight excluding hydrogens is 1920 g/mol. The first-order chi connectivity index (χ1) is 66.6. The van der Waals surface area contributed by atoms with Gasteiger partial charge in [-0.1, -0.05) is 205 Å². The van der Waals surface area contributed by atoms with Crippen LogP contribution in [0, 0.1) is 69.5 Å². The van der Waals surface area contributed by atoms with Crippen molar-refractivity contribution >= 4 is 125 Å². The summed E-state index contributed by atoms with van der Waals surface area (Å²) in [7, 11) is -10.4. The first-order valence-corrected chi connectivity index (χ1v) is 57.7. The number of carboxylic acid groups (broad SMARTS) is 1. The molecule has 3 aliphatic heterocycles. The van der Waals surface area contributed by atoms with Gasteiger partial charge in [-0.15, -0.1) is 0 Å². The third-order valence-electron chi connectivity index (χ3n) is 33.1. The van der Waals surface area contributed by atoms with Gasteiger partial charge in [0.2, 0.25) is 53.0 Å². The summed E-state index contributed by atoms with van der Waals surface area (Å²) in [6, 6.07) is -9.03. The van der Waals surface area contributed by atoms with Gasteiger partial charge in [0, 0.05) is 31.5 Å². The second-order valence-corrected chi connectivity index (χ2v) is 58.2. The molecule has 9 aliphatic carbocycles. The highest BCUT2D eigenvalue weighted by Gasteiger charge is 2.58. The van der Waals surface area contributed by atoms with E-state index in [9.17, 15) is 97.2 Å². The second kappa shape index (κ2) is 50.4. The Hall–Kier alpha value is -8.56. The van der Waals surface area contributed by atoms with Crippen molar-refractivity contribution in [2.24, 2.45) is 91.7 Å². The van der Waals surface area contributed by atoms with Gasteiger partial charge in [0.05, 0.1) is 66.2 Å². The number of fused-ring (bicyclic) bond motifs is 3. The molecule has 38 nitrogen and oxygen atoms in total. The molecule has 0 aromatic rings. The average molecular weight is 2100 g/mol. The molecule has 3 heterocycles. The molecule has 0 bridgehead atoms. The summed E-state index contributed by atoms with van der Waals surface area (Å²) in [6.07, 6.45) is 31.0. The maximum Gasteiger partial charge on any atom is 0.315 e. The molecule has 3 unspecified atom stereocenters. The van der Waals surface area contributed by atoms with E-state index in [1.165, 1.54) is 0 Å². The van der Waals surface area contributed by atoms with Gasteiger partial charge in [0.25, 0.3) is 23.6 Å². The maximum atomic E-state index is 14.4. The van der Waals surface area contributed by atoms with Gasteiger partial charge in [-0.05, 0) is 223 Å². The van der Waals surface area contributed by atoms with E-state index in [1.807, 2.05) is 62.3 Å². The number of nitrogens with zero attached hydrogens (tertiary/aromatic N) is 4. The fraction of sp³-hybridized carbons (Fsp3) is 0.846. The number of carbonyl (C=O) groups is 15. The third-order valence-corrected chi connectivity index (χ3v) is 41.5. The number of nitrogens with two attached hydrogens (primary N) is 3. The van der Waals surface area contributed by atoms with Crippen LogP contribution in [0.25, 0.3) is 0 Å². The fourth-order valence-electron chi connectivity index (χ4n) is 23.2. The number of rotatable bonds is 32. The van der Waals surface area contributed by atoms with Crippen molar-refractivity contribution in [3.05, 3.63) is 0 Å². The lowest BCUT2D eigenvalue weighted by molar-refractivity contribution is -0.428. The number of likely N-dealkylation sites (tertiary alicyclic amines) is 3. The SMILES string of the molecule is C.CC(C)(C)S(=O)(=O)CC1(N=C=O)CCCCC1.CC(C)(C)[C@H](NC(=O)NC1(CS(=O)(=O)C(C)(C)C)CCCCC1)C(=O)N1C[C@@H]2CCC[C@@H]2[C@H]1C(=O)NC(CC1CCC1)C(=O)C(N)=O.CC(C)(C)[C@H](NC(=O)NC1(CS(=O)(=O)C(C)(C)C)CCCCC1)C(=O)N1C[C@@H]2CCC[C@@H]2[C@H]1C(=O)NC(CC1CCC1)C(=O)C(N)=O.CC(C)(C)[C@H]([NH3+])C(=O)N1C[C@@H]2CCC[C@@H]2[C@H]1C(=O)NC(CC1CCC1)C(=O)C(N)=O.O=C[O-]. The van der Waals surface area contributed by atoms with Crippen molar-refractivity contribution in [2.45, 2.75) is 448 Å². The number of ketones is 3. The van der Waals surface area contributed by atoms with Crippen LogP contribution in [0.2, 0.25) is 0 Å². The predicted octanol–water partition coefficient (Wildman–Crippen LogP) is 7.19. The number of nitrogens with one attached hydrogen (secondary N) is 7. The van der Waals surface area contributed by atoms with E-state index in [0.717, 1.165) is 173 Å². The minimum absolute atomic E-state index is 0. The van der Waals surface area contributed by atoms with Gasteiger partial charge in [-0.25, -0.2) is 39.6 Å². The molecule has 15 atom stereocenters. The Morgan fingerprint density at radius 2 is 0.641 bits per heavy atom. The van der Waals surface area contributed by atoms with Crippen LogP contribution in [0.1, 0.15) is 363 Å². The van der Waals surface area contributed by atoms with Crippen molar-refractivity contribution in [1.29, 1.82) is 0 Å². The zero-order valence-electron chi connectivity index (χ0n) is 89.0. The fourth-order valence-corrected chi connectivity index (χ4v) is 27.7. The quantitative estimate of drug-likeness (QED) is 0.0137. The minimum Gasteiger partial charge on any atom is -0.554 e. The van der Waals surface area contributed by atoms with Crippen LogP contribution in [0.4, 0.5) is 9.59 Å². The Kier molecular flexibility index (Phi) is 42.9. The Morgan fingerprint density at radius 1 is 0.386 bits per heavy atom. The molecule has 12 rings (SSSR count). The number of hydrogen-bond donors (Lipinski definition) is 11. The number of aliphatic imine (C=N–C) groups is 1. The van der Waals surface area contributed by atoms with Crippen molar-refractivity contribution in [1.82, 2.24) is 51.9 Å². The Labute approximate surface area is 861 Å². The van der Waals surface area contributed by atoms with E-state index in [0.29, 0.717) is 89.3 Å². The first-order valence-electron chi connectivity index (χ1n) is 52.8. The van der Waals surface area contributed by atoms with Crippen molar-refractivity contribution < 1.29 is 113 Å². The predicted molar refractivity (Wildman–Crippen MR) is 548 cm³/mol. The molecule has 16 N–H and O–H groups in total. The molecule has 145 heavy (non-hydrogen) atoms. The van der Waals surface area contributed by atoms with E-state index in [2.05, 4.69) is 47.9 Å². The van der Waals surface area contributed by atoms with Crippen LogP contribution in [-0.2, 0) is 96.6 Å². The minimum atomic E-state index is -3.56. The van der Waals surface area contributed by atoms with Crippen molar-refractivity contribution in [2.75, 3.05) is 36.9 Å². The largest absolute Gasteiger partial charge is 0.554 e. The lowest BCUT2D eigenvalue weighted by atomic mass is 9.80. The molecule has 0 aromatic heterocycles. The van der Waals surface area contributed by atoms with E-state index < -0.39 is 203 Å². The summed E-state index contributed by atoms with van der Waals surface area (Å²) < 4.78 is 74.8. The monoisotopic (exact) mass is 2100 g/mol. The molecule has 12 fully saturated rings. The normalized spacial score (nSPS) is 25.2. The maximum absolute atomic E-state index is 14.4. The number of sulfone groups is 3. The number of Topliss-reactive ketones (excluding diaryl/α,β-unsaturated/α-hetero) is 3. The van der Waals surface area contributed by atoms with Crippen molar-refractivity contribution in [3.8, 4) is 0 Å². The van der Waals surface area contributed by atoms with Gasteiger partial charge in [0.1, 0.15) is 30.2 Å². The molecule has 41 heteroatoms. The zero-order chi connectivity index (χ0) is 108. The van der Waals surface area contributed by atoms with Crippen LogP contribution >= 0.6 is 0 Å². The number of primary amides is 3. The Bertz CT molecular complexity index is 4790. The number of hydrogen-bond acceptors (Lipinski definition) is 24. The lowest BCUT2D eigenvalue weighted by Gasteiger charge is -2.41. The van der Waals surface area contributed by atoms with Crippen LogP contribution in [-0.4, -0.2) is 257 Å². The molecule has 3 saturated heterocycles.